The summed E-state index contributed by atoms with van der Waals surface area (Å²) in [6.45, 7) is 2.55. The zero-order valence-electron chi connectivity index (χ0n) is 18.2. The summed E-state index contributed by atoms with van der Waals surface area (Å²) in [5.41, 5.74) is 3.39. The molecule has 1 aromatic carbocycles. The second-order valence-electron chi connectivity index (χ2n) is 8.40. The molecule has 0 spiro atoms. The quantitative estimate of drug-likeness (QED) is 0.431. The van der Waals surface area contributed by atoms with Crippen molar-refractivity contribution in [3.63, 3.8) is 0 Å². The Bertz CT molecular complexity index is 1100. The van der Waals surface area contributed by atoms with Gasteiger partial charge in [0.1, 0.15) is 5.75 Å². The molecule has 0 unspecified atom stereocenters. The minimum atomic E-state index is -4.80. The van der Waals surface area contributed by atoms with E-state index in [2.05, 4.69) is 27.2 Å². The summed E-state index contributed by atoms with van der Waals surface area (Å²) in [5.74, 6) is 0.311. The van der Waals surface area contributed by atoms with Crippen LogP contribution in [0.1, 0.15) is 53.2 Å². The number of alkyl halides is 3. The molecule has 174 valence electrons. The fraction of sp³-hybridized carbons (Fsp3) is 0.360. The van der Waals surface area contributed by atoms with Crippen molar-refractivity contribution in [1.82, 2.24) is 10.3 Å². The number of aryl methyl sites for hydroxylation is 1. The highest BCUT2D eigenvalue weighted by atomic mass is 32.1. The number of pyridine rings is 1. The lowest BCUT2D eigenvalue weighted by Gasteiger charge is -2.29. The zero-order valence-corrected chi connectivity index (χ0v) is 19.0. The number of nitrogens with one attached hydrogen (secondary N) is 1. The Labute approximate surface area is 194 Å². The third-order valence-corrected chi connectivity index (χ3v) is 6.84. The van der Waals surface area contributed by atoms with Gasteiger partial charge in [-0.05, 0) is 73.6 Å². The van der Waals surface area contributed by atoms with Crippen molar-refractivity contribution in [2.75, 3.05) is 6.54 Å². The molecular weight excluding hydrogens is 449 g/mol. The van der Waals surface area contributed by atoms with Crippen LogP contribution in [0.15, 0.2) is 53.4 Å². The summed E-state index contributed by atoms with van der Waals surface area (Å²) in [5, 5.41) is 6.33. The predicted molar refractivity (Wildman–Crippen MR) is 122 cm³/mol. The molecule has 1 aliphatic carbocycles. The van der Waals surface area contributed by atoms with Gasteiger partial charge in [-0.15, -0.1) is 13.2 Å². The smallest absolute Gasteiger partial charge is 0.405 e. The summed E-state index contributed by atoms with van der Waals surface area (Å²) in [7, 11) is 0. The number of ether oxygens (including phenoxy) is 1. The monoisotopic (exact) mass is 474 g/mol. The number of nitrogens with zero attached hydrogens (tertiary/aromatic N) is 1. The summed E-state index contributed by atoms with van der Waals surface area (Å²) < 4.78 is 42.6. The molecule has 4 nitrogen and oxygen atoms in total. The molecule has 1 N–H and O–H groups in total. The molecule has 0 bridgehead atoms. The molecule has 4 rings (SSSR count). The number of para-hydroxylation sites is 1. The predicted octanol–water partition coefficient (Wildman–Crippen LogP) is 6.72. The molecule has 8 heteroatoms. The van der Waals surface area contributed by atoms with Crippen LogP contribution in [0, 0.1) is 12.8 Å². The zero-order chi connectivity index (χ0) is 23.4. The lowest BCUT2D eigenvalue weighted by Crippen LogP contribution is -2.31. The number of hydrogen-bond donors (Lipinski definition) is 1. The fourth-order valence-electron chi connectivity index (χ4n) is 4.44. The summed E-state index contributed by atoms with van der Waals surface area (Å²) in [6, 6.07) is 10.1. The maximum Gasteiger partial charge on any atom is 0.573 e. The Hall–Kier alpha value is -2.87. The molecule has 1 aliphatic rings. The molecule has 0 aliphatic heterocycles. The van der Waals surface area contributed by atoms with Gasteiger partial charge < -0.3 is 10.1 Å². The summed E-state index contributed by atoms with van der Waals surface area (Å²) in [6.07, 6.45) is 1.22. The standard InChI is InChI=1S/C25H25F3N2O2S/c1-16-12-19(10-11-29-16)18-8-6-17(7-9-18)13-30-24(31)22-15-33-14-21(22)20-4-2-3-5-23(20)32-25(26,27)28/h2-5,10-12,14-15,17-18H,6-9,13H2,1H3,(H,30,31). The van der Waals surface area contributed by atoms with Crippen molar-refractivity contribution < 1.29 is 22.7 Å². The van der Waals surface area contributed by atoms with Crippen molar-refractivity contribution in [1.29, 1.82) is 0 Å². The van der Waals surface area contributed by atoms with E-state index in [1.54, 1.807) is 16.8 Å². The van der Waals surface area contributed by atoms with Crippen LogP contribution in [0.5, 0.6) is 5.75 Å². The first-order valence-corrected chi connectivity index (χ1v) is 11.9. The van der Waals surface area contributed by atoms with Crippen molar-refractivity contribution >= 4 is 17.2 Å². The van der Waals surface area contributed by atoms with Gasteiger partial charge in [-0.1, -0.05) is 18.2 Å². The number of benzene rings is 1. The molecule has 2 aromatic heterocycles. The second kappa shape index (κ2) is 9.95. The molecule has 0 atom stereocenters. The Morgan fingerprint density at radius 3 is 2.61 bits per heavy atom. The van der Waals surface area contributed by atoms with Gasteiger partial charge in [0.2, 0.25) is 0 Å². The molecule has 3 aromatic rings. The van der Waals surface area contributed by atoms with E-state index in [4.69, 9.17) is 0 Å². The normalized spacial score (nSPS) is 18.7. The van der Waals surface area contributed by atoms with Gasteiger partial charge in [-0.2, -0.15) is 11.3 Å². The van der Waals surface area contributed by atoms with Crippen LogP contribution >= 0.6 is 11.3 Å². The molecule has 1 saturated carbocycles. The van der Waals surface area contributed by atoms with Crippen LogP contribution < -0.4 is 10.1 Å². The van der Waals surface area contributed by atoms with Gasteiger partial charge in [0.25, 0.3) is 5.91 Å². The minimum Gasteiger partial charge on any atom is -0.405 e. The lowest BCUT2D eigenvalue weighted by atomic mass is 9.79. The van der Waals surface area contributed by atoms with E-state index in [0.29, 0.717) is 29.5 Å². The van der Waals surface area contributed by atoms with Crippen molar-refractivity contribution in [2.45, 2.75) is 44.9 Å². The first kappa shape index (κ1) is 23.3. The topological polar surface area (TPSA) is 51.2 Å². The molecule has 33 heavy (non-hydrogen) atoms. The molecule has 2 heterocycles. The number of halogens is 3. The number of rotatable bonds is 6. The van der Waals surface area contributed by atoms with E-state index in [1.165, 1.54) is 35.1 Å². The molecule has 1 amide bonds. The highest BCUT2D eigenvalue weighted by molar-refractivity contribution is 7.08. The van der Waals surface area contributed by atoms with Gasteiger partial charge >= 0.3 is 6.36 Å². The van der Waals surface area contributed by atoms with Crippen LogP contribution in [0.4, 0.5) is 13.2 Å². The molecule has 0 saturated heterocycles. The third-order valence-electron chi connectivity index (χ3n) is 6.10. The highest BCUT2D eigenvalue weighted by Crippen LogP contribution is 2.38. The number of hydrogen-bond acceptors (Lipinski definition) is 4. The van der Waals surface area contributed by atoms with Crippen molar-refractivity contribution in [2.24, 2.45) is 5.92 Å². The number of thiophene rings is 1. The Kier molecular flexibility index (Phi) is 7.02. The third kappa shape index (κ3) is 5.93. The maximum absolute atomic E-state index is 12.9. The average Bonchev–Trinajstić information content (AvgIpc) is 3.27. The summed E-state index contributed by atoms with van der Waals surface area (Å²) >= 11 is 1.27. The molecule has 0 radical (unpaired) electrons. The Morgan fingerprint density at radius 2 is 1.88 bits per heavy atom. The van der Waals surface area contributed by atoms with Crippen LogP contribution in [0.25, 0.3) is 11.1 Å². The number of amides is 1. The average molecular weight is 475 g/mol. The Balaban J connectivity index is 1.37. The second-order valence-corrected chi connectivity index (χ2v) is 9.14. The largest absolute Gasteiger partial charge is 0.573 e. The van der Waals surface area contributed by atoms with E-state index in [1.807, 2.05) is 13.1 Å². The Morgan fingerprint density at radius 1 is 1.12 bits per heavy atom. The number of carbonyl (C=O) groups is 1. The van der Waals surface area contributed by atoms with E-state index in [0.717, 1.165) is 31.4 Å². The van der Waals surface area contributed by atoms with Crippen LogP contribution in [-0.2, 0) is 0 Å². The van der Waals surface area contributed by atoms with Gasteiger partial charge in [-0.25, -0.2) is 0 Å². The SMILES string of the molecule is Cc1cc(C2CCC(CNC(=O)c3cscc3-c3ccccc3OC(F)(F)F)CC2)ccn1. The van der Waals surface area contributed by atoms with Gasteiger partial charge in [0.15, 0.2) is 0 Å². The van der Waals surface area contributed by atoms with E-state index in [9.17, 15) is 18.0 Å². The van der Waals surface area contributed by atoms with E-state index >= 15 is 0 Å². The molecular formula is C25H25F3N2O2S. The molecule has 1 fully saturated rings. The summed E-state index contributed by atoms with van der Waals surface area (Å²) in [4.78, 5) is 17.2. The minimum absolute atomic E-state index is 0.245. The number of aromatic nitrogens is 1. The van der Waals surface area contributed by atoms with E-state index in [-0.39, 0.29) is 17.2 Å². The van der Waals surface area contributed by atoms with Crippen LogP contribution in [-0.4, -0.2) is 23.8 Å². The highest BCUT2D eigenvalue weighted by Gasteiger charge is 2.32. The number of carbonyl (C=O) groups excluding carboxylic acids is 1. The lowest BCUT2D eigenvalue weighted by molar-refractivity contribution is -0.274. The first-order chi connectivity index (χ1) is 15.8. The first-order valence-electron chi connectivity index (χ1n) is 10.9. The maximum atomic E-state index is 12.9. The van der Waals surface area contributed by atoms with Crippen LogP contribution in [0.3, 0.4) is 0 Å². The van der Waals surface area contributed by atoms with E-state index < -0.39 is 6.36 Å². The van der Waals surface area contributed by atoms with Gasteiger partial charge in [0, 0.05) is 34.9 Å². The van der Waals surface area contributed by atoms with Gasteiger partial charge in [-0.3, -0.25) is 9.78 Å². The fourth-order valence-corrected chi connectivity index (χ4v) is 5.27. The van der Waals surface area contributed by atoms with Crippen molar-refractivity contribution in [3.05, 3.63) is 70.2 Å². The van der Waals surface area contributed by atoms with Gasteiger partial charge in [0.05, 0.1) is 5.56 Å². The van der Waals surface area contributed by atoms with Crippen LogP contribution in [0.2, 0.25) is 0 Å². The van der Waals surface area contributed by atoms with Crippen molar-refractivity contribution in [3.8, 4) is 16.9 Å².